The number of aromatic nitrogens is 2. The molecule has 0 unspecified atom stereocenters. The molecule has 1 aliphatic carbocycles. The van der Waals surface area contributed by atoms with Crippen molar-refractivity contribution in [3.05, 3.63) is 12.3 Å². The Kier molecular flexibility index (Phi) is 5.54. The van der Waals surface area contributed by atoms with Crippen molar-refractivity contribution >= 4 is 11.7 Å². The Balaban J connectivity index is 1.38. The van der Waals surface area contributed by atoms with E-state index in [9.17, 15) is 4.79 Å². The molecule has 0 spiro atoms. The molecule has 1 amide bonds. The minimum atomic E-state index is 0.191. The Morgan fingerprint density at radius 3 is 2.65 bits per heavy atom. The smallest absolute Gasteiger partial charge is 0.219 e. The van der Waals surface area contributed by atoms with Gasteiger partial charge in [-0.2, -0.15) is 5.10 Å². The van der Waals surface area contributed by atoms with Gasteiger partial charge < -0.3 is 10.2 Å². The molecule has 1 aromatic rings. The van der Waals surface area contributed by atoms with Crippen LogP contribution in [0.15, 0.2) is 12.3 Å². The molecule has 128 valence electrons. The van der Waals surface area contributed by atoms with Crippen molar-refractivity contribution in [2.45, 2.75) is 45.1 Å². The summed E-state index contributed by atoms with van der Waals surface area (Å²) in [5.41, 5.74) is 0. The van der Waals surface area contributed by atoms with Gasteiger partial charge in [0.25, 0.3) is 0 Å². The molecule has 2 fully saturated rings. The highest BCUT2D eigenvalue weighted by Crippen LogP contribution is 2.27. The number of carbonyl (C=O) groups excluding carboxylic acids is 1. The van der Waals surface area contributed by atoms with Crippen LogP contribution in [0, 0.1) is 0 Å². The number of nitrogens with one attached hydrogen (secondary N) is 1. The molecule has 1 aromatic heterocycles. The molecule has 0 bridgehead atoms. The largest absolute Gasteiger partial charge is 0.367 e. The van der Waals surface area contributed by atoms with E-state index in [0.717, 1.165) is 45.1 Å². The number of hydrogen-bond donors (Lipinski definition) is 1. The van der Waals surface area contributed by atoms with Gasteiger partial charge in [0.1, 0.15) is 5.82 Å². The fraction of sp³-hybridized carbons (Fsp3) is 0.765. The molecule has 1 saturated carbocycles. The van der Waals surface area contributed by atoms with Crippen LogP contribution < -0.4 is 5.32 Å². The SMILES string of the molecule is CC(=O)N1CCN(CCNc2ccn(C3CCCCC3)n2)CC1. The summed E-state index contributed by atoms with van der Waals surface area (Å²) in [6.45, 7) is 7.20. The quantitative estimate of drug-likeness (QED) is 0.901. The fourth-order valence-corrected chi connectivity index (χ4v) is 3.61. The summed E-state index contributed by atoms with van der Waals surface area (Å²) in [7, 11) is 0. The molecule has 1 N–H and O–H groups in total. The molecule has 6 nitrogen and oxygen atoms in total. The second kappa shape index (κ2) is 7.81. The third-order valence-electron chi connectivity index (χ3n) is 5.11. The normalized spacial score (nSPS) is 20.7. The number of rotatable bonds is 5. The molecule has 3 rings (SSSR count). The Labute approximate surface area is 138 Å². The van der Waals surface area contributed by atoms with Gasteiger partial charge in [0.2, 0.25) is 5.91 Å². The van der Waals surface area contributed by atoms with E-state index in [2.05, 4.69) is 32.3 Å². The number of hydrogen-bond acceptors (Lipinski definition) is 4. The average Bonchev–Trinajstić information content (AvgIpc) is 3.05. The second-order valence-corrected chi connectivity index (χ2v) is 6.75. The summed E-state index contributed by atoms with van der Waals surface area (Å²) in [6.07, 6.45) is 8.69. The Hall–Kier alpha value is -1.56. The Morgan fingerprint density at radius 2 is 1.96 bits per heavy atom. The molecule has 2 aliphatic rings. The van der Waals surface area contributed by atoms with Crippen molar-refractivity contribution in [1.82, 2.24) is 19.6 Å². The van der Waals surface area contributed by atoms with Crippen LogP contribution in [0.1, 0.15) is 45.1 Å². The van der Waals surface area contributed by atoms with E-state index in [1.54, 1.807) is 6.92 Å². The van der Waals surface area contributed by atoms with Crippen LogP contribution >= 0.6 is 0 Å². The number of nitrogens with zero attached hydrogens (tertiary/aromatic N) is 4. The van der Waals surface area contributed by atoms with Gasteiger partial charge in [-0.25, -0.2) is 0 Å². The first-order chi connectivity index (χ1) is 11.2. The zero-order valence-electron chi connectivity index (χ0n) is 14.2. The highest BCUT2D eigenvalue weighted by atomic mass is 16.2. The number of carbonyl (C=O) groups is 1. The zero-order valence-corrected chi connectivity index (χ0v) is 14.2. The standard InChI is InChI=1S/C17H29N5O/c1-15(23)21-13-11-20(12-14-21)10-8-18-17-7-9-22(19-17)16-5-3-2-4-6-16/h7,9,16H,2-6,8,10-14H2,1H3,(H,18,19). The van der Waals surface area contributed by atoms with Crippen molar-refractivity contribution in [2.24, 2.45) is 0 Å². The van der Waals surface area contributed by atoms with Crippen molar-refractivity contribution in [3.63, 3.8) is 0 Å². The van der Waals surface area contributed by atoms with E-state index in [4.69, 9.17) is 0 Å². The summed E-state index contributed by atoms with van der Waals surface area (Å²) in [6, 6.07) is 2.68. The van der Waals surface area contributed by atoms with Gasteiger partial charge in [-0.05, 0) is 12.8 Å². The summed E-state index contributed by atoms with van der Waals surface area (Å²) >= 11 is 0. The number of anilines is 1. The molecular formula is C17H29N5O. The lowest BCUT2D eigenvalue weighted by Crippen LogP contribution is -2.49. The van der Waals surface area contributed by atoms with Gasteiger partial charge in [0, 0.05) is 58.5 Å². The van der Waals surface area contributed by atoms with Crippen LogP contribution in [-0.4, -0.2) is 64.8 Å². The van der Waals surface area contributed by atoms with Crippen LogP contribution in [0.2, 0.25) is 0 Å². The van der Waals surface area contributed by atoms with Crippen LogP contribution in [0.3, 0.4) is 0 Å². The van der Waals surface area contributed by atoms with Crippen LogP contribution in [0.25, 0.3) is 0 Å². The van der Waals surface area contributed by atoms with Crippen LogP contribution in [0.5, 0.6) is 0 Å². The highest BCUT2D eigenvalue weighted by Gasteiger charge is 2.18. The van der Waals surface area contributed by atoms with Crippen molar-refractivity contribution in [2.75, 3.05) is 44.6 Å². The molecule has 0 radical (unpaired) electrons. The van der Waals surface area contributed by atoms with Gasteiger partial charge >= 0.3 is 0 Å². The van der Waals surface area contributed by atoms with Crippen molar-refractivity contribution in [1.29, 1.82) is 0 Å². The average molecular weight is 319 g/mol. The minimum Gasteiger partial charge on any atom is -0.367 e. The Bertz CT molecular complexity index is 501. The summed E-state index contributed by atoms with van der Waals surface area (Å²) < 4.78 is 2.15. The van der Waals surface area contributed by atoms with Gasteiger partial charge in [-0.3, -0.25) is 14.4 Å². The molecule has 6 heteroatoms. The summed E-state index contributed by atoms with van der Waals surface area (Å²) in [4.78, 5) is 15.7. The predicted molar refractivity (Wildman–Crippen MR) is 91.5 cm³/mol. The van der Waals surface area contributed by atoms with Gasteiger partial charge in [-0.15, -0.1) is 0 Å². The Morgan fingerprint density at radius 1 is 1.22 bits per heavy atom. The molecule has 0 atom stereocenters. The van der Waals surface area contributed by atoms with Crippen molar-refractivity contribution < 1.29 is 4.79 Å². The maximum Gasteiger partial charge on any atom is 0.219 e. The van der Waals surface area contributed by atoms with E-state index in [0.29, 0.717) is 6.04 Å². The topological polar surface area (TPSA) is 53.4 Å². The molecule has 1 saturated heterocycles. The second-order valence-electron chi connectivity index (χ2n) is 6.75. The number of piperazine rings is 1. The van der Waals surface area contributed by atoms with E-state index >= 15 is 0 Å². The third-order valence-corrected chi connectivity index (χ3v) is 5.11. The lowest BCUT2D eigenvalue weighted by Gasteiger charge is -2.34. The lowest BCUT2D eigenvalue weighted by atomic mass is 9.96. The molecule has 0 aromatic carbocycles. The maximum atomic E-state index is 11.3. The summed E-state index contributed by atoms with van der Waals surface area (Å²) in [5, 5.41) is 8.12. The highest BCUT2D eigenvalue weighted by molar-refractivity contribution is 5.73. The predicted octanol–water partition coefficient (Wildman–Crippen LogP) is 1.96. The van der Waals surface area contributed by atoms with E-state index in [1.807, 2.05) is 4.90 Å². The first kappa shape index (κ1) is 16.3. The van der Waals surface area contributed by atoms with Crippen LogP contribution in [0.4, 0.5) is 5.82 Å². The third kappa shape index (κ3) is 4.47. The van der Waals surface area contributed by atoms with Gasteiger partial charge in [0.15, 0.2) is 0 Å². The molecule has 2 heterocycles. The molecular weight excluding hydrogens is 290 g/mol. The first-order valence-corrected chi connectivity index (χ1v) is 8.99. The lowest BCUT2D eigenvalue weighted by molar-refractivity contribution is -0.130. The van der Waals surface area contributed by atoms with Gasteiger partial charge in [0.05, 0.1) is 6.04 Å². The van der Waals surface area contributed by atoms with E-state index < -0.39 is 0 Å². The van der Waals surface area contributed by atoms with Crippen LogP contribution in [-0.2, 0) is 4.79 Å². The summed E-state index contributed by atoms with van der Waals surface area (Å²) in [5.74, 6) is 1.17. The molecule has 23 heavy (non-hydrogen) atoms. The van der Waals surface area contributed by atoms with E-state index in [-0.39, 0.29) is 5.91 Å². The monoisotopic (exact) mass is 319 g/mol. The minimum absolute atomic E-state index is 0.191. The van der Waals surface area contributed by atoms with Crippen molar-refractivity contribution in [3.8, 4) is 0 Å². The van der Waals surface area contributed by atoms with E-state index in [1.165, 1.54) is 32.1 Å². The molecule has 1 aliphatic heterocycles. The first-order valence-electron chi connectivity index (χ1n) is 8.99. The zero-order chi connectivity index (χ0) is 16.1. The number of amides is 1. The van der Waals surface area contributed by atoms with Gasteiger partial charge in [-0.1, -0.05) is 19.3 Å². The fourth-order valence-electron chi connectivity index (χ4n) is 3.61. The maximum absolute atomic E-state index is 11.3.